The van der Waals surface area contributed by atoms with Crippen molar-refractivity contribution in [2.45, 2.75) is 77.4 Å². The van der Waals surface area contributed by atoms with Crippen LogP contribution >= 0.6 is 24.0 Å². The summed E-state index contributed by atoms with van der Waals surface area (Å²) >= 11 is 0. The largest absolute Gasteiger partial charge is 0.460 e. The zero-order valence-corrected chi connectivity index (χ0v) is 17.0. The molecular formula is C17H32IN3O2. The van der Waals surface area contributed by atoms with E-state index in [1.165, 1.54) is 19.3 Å². The molecule has 0 radical (unpaired) electrons. The molecule has 0 amide bonds. The van der Waals surface area contributed by atoms with Crippen LogP contribution in [0, 0.1) is 11.8 Å². The highest BCUT2D eigenvalue weighted by Gasteiger charge is 2.30. The van der Waals surface area contributed by atoms with Crippen molar-refractivity contribution in [2.24, 2.45) is 22.6 Å². The third-order valence-corrected chi connectivity index (χ3v) is 4.56. The SMILES string of the molecule is CC(C)(C)OC(=O)C1CCC(NC(N)=NCC2CCC2)CC1.I. The van der Waals surface area contributed by atoms with E-state index in [1.54, 1.807) is 0 Å². The van der Waals surface area contributed by atoms with Gasteiger partial charge in [-0.25, -0.2) is 0 Å². The van der Waals surface area contributed by atoms with Crippen molar-refractivity contribution in [3.63, 3.8) is 0 Å². The van der Waals surface area contributed by atoms with E-state index >= 15 is 0 Å². The fraction of sp³-hybridized carbons (Fsp3) is 0.882. The number of carbonyl (C=O) groups excluding carboxylic acids is 1. The molecule has 23 heavy (non-hydrogen) atoms. The molecule has 0 bridgehead atoms. The maximum atomic E-state index is 12.1. The number of nitrogens with one attached hydrogen (secondary N) is 1. The topological polar surface area (TPSA) is 76.7 Å². The summed E-state index contributed by atoms with van der Waals surface area (Å²) in [6, 6.07) is 0.337. The van der Waals surface area contributed by atoms with Crippen LogP contribution in [0.4, 0.5) is 0 Å². The van der Waals surface area contributed by atoms with E-state index in [-0.39, 0.29) is 35.9 Å². The average Bonchev–Trinajstić information content (AvgIpc) is 2.35. The fourth-order valence-corrected chi connectivity index (χ4v) is 3.02. The minimum Gasteiger partial charge on any atom is -0.460 e. The van der Waals surface area contributed by atoms with Gasteiger partial charge in [0.25, 0.3) is 0 Å². The van der Waals surface area contributed by atoms with Crippen LogP contribution in [0.25, 0.3) is 0 Å². The minimum atomic E-state index is -0.398. The first-order chi connectivity index (χ1) is 10.3. The molecule has 0 aromatic carbocycles. The van der Waals surface area contributed by atoms with Gasteiger partial charge in [0.15, 0.2) is 5.96 Å². The molecule has 2 fully saturated rings. The van der Waals surface area contributed by atoms with Gasteiger partial charge in [-0.3, -0.25) is 9.79 Å². The molecule has 0 saturated heterocycles. The van der Waals surface area contributed by atoms with Crippen LogP contribution < -0.4 is 11.1 Å². The first-order valence-electron chi connectivity index (χ1n) is 8.63. The Morgan fingerprint density at radius 3 is 2.26 bits per heavy atom. The van der Waals surface area contributed by atoms with E-state index in [0.717, 1.165) is 38.1 Å². The molecule has 0 atom stereocenters. The average molecular weight is 437 g/mol. The second-order valence-corrected chi connectivity index (χ2v) is 7.75. The molecule has 2 rings (SSSR count). The molecule has 5 nitrogen and oxygen atoms in total. The van der Waals surface area contributed by atoms with Crippen molar-refractivity contribution < 1.29 is 9.53 Å². The third-order valence-electron chi connectivity index (χ3n) is 4.56. The van der Waals surface area contributed by atoms with Gasteiger partial charge in [-0.2, -0.15) is 0 Å². The van der Waals surface area contributed by atoms with Crippen LogP contribution in [-0.4, -0.2) is 30.1 Å². The Balaban J connectivity index is 0.00000264. The summed E-state index contributed by atoms with van der Waals surface area (Å²) < 4.78 is 5.47. The lowest BCUT2D eigenvalue weighted by Crippen LogP contribution is -2.43. The van der Waals surface area contributed by atoms with E-state index in [1.807, 2.05) is 20.8 Å². The molecule has 134 valence electrons. The maximum Gasteiger partial charge on any atom is 0.309 e. The van der Waals surface area contributed by atoms with E-state index < -0.39 is 5.60 Å². The van der Waals surface area contributed by atoms with Crippen LogP contribution in [0.15, 0.2) is 4.99 Å². The van der Waals surface area contributed by atoms with Gasteiger partial charge in [0.05, 0.1) is 5.92 Å². The van der Waals surface area contributed by atoms with Crippen molar-refractivity contribution in [1.29, 1.82) is 0 Å². The summed E-state index contributed by atoms with van der Waals surface area (Å²) in [6.45, 7) is 6.60. The Labute approximate surface area is 157 Å². The zero-order valence-electron chi connectivity index (χ0n) is 14.6. The highest BCUT2D eigenvalue weighted by Crippen LogP contribution is 2.27. The second-order valence-electron chi connectivity index (χ2n) is 7.75. The number of guanidine groups is 1. The fourth-order valence-electron chi connectivity index (χ4n) is 3.02. The molecule has 0 aliphatic heterocycles. The van der Waals surface area contributed by atoms with Crippen molar-refractivity contribution in [2.75, 3.05) is 6.54 Å². The van der Waals surface area contributed by atoms with Crippen LogP contribution in [-0.2, 0) is 9.53 Å². The highest BCUT2D eigenvalue weighted by molar-refractivity contribution is 14.0. The molecular weight excluding hydrogens is 405 g/mol. The molecule has 0 unspecified atom stereocenters. The van der Waals surface area contributed by atoms with Gasteiger partial charge in [-0.05, 0) is 65.2 Å². The molecule has 2 aliphatic carbocycles. The van der Waals surface area contributed by atoms with Gasteiger partial charge in [0.2, 0.25) is 0 Å². The highest BCUT2D eigenvalue weighted by atomic mass is 127. The minimum absolute atomic E-state index is 0. The Morgan fingerprint density at radius 1 is 1.17 bits per heavy atom. The van der Waals surface area contributed by atoms with Gasteiger partial charge in [0, 0.05) is 12.6 Å². The summed E-state index contributed by atoms with van der Waals surface area (Å²) in [5.41, 5.74) is 5.56. The summed E-state index contributed by atoms with van der Waals surface area (Å²) in [4.78, 5) is 16.5. The molecule has 0 aromatic rings. The van der Waals surface area contributed by atoms with Crippen LogP contribution in [0.1, 0.15) is 65.7 Å². The predicted octanol–water partition coefficient (Wildman–Crippen LogP) is 3.21. The molecule has 0 spiro atoms. The Kier molecular flexibility index (Phi) is 8.10. The first-order valence-corrected chi connectivity index (χ1v) is 8.63. The van der Waals surface area contributed by atoms with Crippen molar-refractivity contribution >= 4 is 35.9 Å². The normalized spacial score (nSPS) is 26.0. The second kappa shape index (κ2) is 9.08. The van der Waals surface area contributed by atoms with Crippen molar-refractivity contribution in [3.05, 3.63) is 0 Å². The van der Waals surface area contributed by atoms with Crippen molar-refractivity contribution in [3.8, 4) is 0 Å². The summed E-state index contributed by atoms with van der Waals surface area (Å²) in [6.07, 6.45) is 7.54. The Morgan fingerprint density at radius 2 is 1.78 bits per heavy atom. The first kappa shape index (κ1) is 20.5. The number of esters is 1. The lowest BCUT2D eigenvalue weighted by atomic mass is 9.85. The van der Waals surface area contributed by atoms with E-state index in [0.29, 0.717) is 12.0 Å². The lowest BCUT2D eigenvalue weighted by molar-refractivity contribution is -0.161. The Hall–Kier alpha value is -0.530. The number of nitrogens with two attached hydrogens (primary N) is 1. The summed E-state index contributed by atoms with van der Waals surface area (Å²) in [7, 11) is 0. The van der Waals surface area contributed by atoms with Crippen molar-refractivity contribution in [1.82, 2.24) is 5.32 Å². The lowest BCUT2D eigenvalue weighted by Gasteiger charge is -2.30. The number of ether oxygens (including phenoxy) is 1. The number of aliphatic imine (C=N–C) groups is 1. The maximum absolute atomic E-state index is 12.1. The number of carbonyl (C=O) groups is 1. The summed E-state index contributed by atoms with van der Waals surface area (Å²) in [5.74, 6) is 1.28. The van der Waals surface area contributed by atoms with Crippen LogP contribution in [0.2, 0.25) is 0 Å². The third kappa shape index (κ3) is 7.27. The number of hydrogen-bond donors (Lipinski definition) is 2. The molecule has 3 N–H and O–H groups in total. The van der Waals surface area contributed by atoms with E-state index in [2.05, 4.69) is 10.3 Å². The zero-order chi connectivity index (χ0) is 16.2. The number of rotatable bonds is 4. The van der Waals surface area contributed by atoms with Gasteiger partial charge >= 0.3 is 5.97 Å². The van der Waals surface area contributed by atoms with E-state index in [9.17, 15) is 4.79 Å². The van der Waals surface area contributed by atoms with Crippen LogP contribution in [0.3, 0.4) is 0 Å². The number of halogens is 1. The monoisotopic (exact) mass is 437 g/mol. The van der Waals surface area contributed by atoms with Crippen LogP contribution in [0.5, 0.6) is 0 Å². The number of hydrogen-bond acceptors (Lipinski definition) is 3. The molecule has 6 heteroatoms. The molecule has 0 aromatic heterocycles. The quantitative estimate of drug-likeness (QED) is 0.307. The smallest absolute Gasteiger partial charge is 0.309 e. The number of nitrogens with zero attached hydrogens (tertiary/aromatic N) is 1. The molecule has 2 aliphatic rings. The molecule has 0 heterocycles. The molecule has 2 saturated carbocycles. The van der Waals surface area contributed by atoms with Gasteiger partial charge in [0.1, 0.15) is 5.60 Å². The standard InChI is InChI=1S/C17H31N3O2.HI/c1-17(2,3)22-15(21)13-7-9-14(10-8-13)20-16(18)19-11-12-5-4-6-12;/h12-14H,4-11H2,1-3H3,(H3,18,19,20);1H. The predicted molar refractivity (Wildman–Crippen MR) is 104 cm³/mol. The Bertz CT molecular complexity index is 409. The summed E-state index contributed by atoms with van der Waals surface area (Å²) in [5, 5.41) is 3.31. The van der Waals surface area contributed by atoms with Gasteiger partial charge in [-0.1, -0.05) is 6.42 Å². The van der Waals surface area contributed by atoms with Gasteiger partial charge < -0.3 is 15.8 Å². The van der Waals surface area contributed by atoms with Gasteiger partial charge in [-0.15, -0.1) is 24.0 Å². The van der Waals surface area contributed by atoms with E-state index in [4.69, 9.17) is 10.5 Å².